The van der Waals surface area contributed by atoms with Crippen LogP contribution < -0.4 is 0 Å². The number of hydrogen-bond donors (Lipinski definition) is 0. The van der Waals surface area contributed by atoms with Crippen LogP contribution in [0.5, 0.6) is 0 Å². The normalized spacial score (nSPS) is 14.4. The molecule has 0 N–H and O–H groups in total. The van der Waals surface area contributed by atoms with Crippen LogP contribution in [0.3, 0.4) is 0 Å². The van der Waals surface area contributed by atoms with Crippen LogP contribution in [-0.4, -0.2) is 0 Å². The highest BCUT2D eigenvalue weighted by atomic mass is 16.3. The maximum atomic E-state index is 9.33. The van der Waals surface area contributed by atoms with E-state index < -0.39 is 48.3 Å². The van der Waals surface area contributed by atoms with Crippen molar-refractivity contribution in [1.82, 2.24) is 0 Å². The quantitative estimate of drug-likeness (QED) is 0.188. The van der Waals surface area contributed by atoms with Gasteiger partial charge in [-0.2, -0.15) is 0 Å². The molecule has 0 saturated carbocycles. The Morgan fingerprint density at radius 1 is 0.378 bits per heavy atom. The van der Waals surface area contributed by atoms with Crippen molar-refractivity contribution in [2.75, 3.05) is 0 Å². The van der Waals surface area contributed by atoms with Gasteiger partial charge in [0.05, 0.1) is 12.3 Å². The molecular formula is C44H28O. The average Bonchev–Trinajstić information content (AvgIpc) is 3.59. The lowest BCUT2D eigenvalue weighted by atomic mass is 9.83. The van der Waals surface area contributed by atoms with Gasteiger partial charge in [0.25, 0.3) is 0 Å². The Kier molecular flexibility index (Phi) is 4.15. The van der Waals surface area contributed by atoms with Crippen molar-refractivity contribution >= 4 is 43.5 Å². The Morgan fingerprint density at radius 2 is 0.978 bits per heavy atom. The van der Waals surface area contributed by atoms with Crippen LogP contribution in [0.15, 0.2) is 174 Å². The molecular weight excluding hydrogens is 544 g/mol. The van der Waals surface area contributed by atoms with E-state index >= 15 is 0 Å². The van der Waals surface area contributed by atoms with Crippen molar-refractivity contribution in [2.24, 2.45) is 0 Å². The Balaban J connectivity index is 1.44. The lowest BCUT2D eigenvalue weighted by Gasteiger charge is -2.20. The van der Waals surface area contributed by atoms with Crippen LogP contribution in [0, 0.1) is 0 Å². The summed E-state index contributed by atoms with van der Waals surface area (Å²) in [6, 6.07) is 32.8. The zero-order chi connectivity index (χ0) is 37.6. The van der Waals surface area contributed by atoms with E-state index in [1.165, 1.54) is 0 Å². The number of hydrogen-bond acceptors (Lipinski definition) is 1. The Labute approximate surface area is 274 Å². The molecule has 1 aromatic heterocycles. The van der Waals surface area contributed by atoms with E-state index in [4.69, 9.17) is 15.4 Å². The lowest BCUT2D eigenvalue weighted by molar-refractivity contribution is 0.669. The molecule has 9 aromatic rings. The first kappa shape index (κ1) is 18.0. The van der Waals surface area contributed by atoms with E-state index in [0.717, 1.165) is 49.4 Å². The summed E-state index contributed by atoms with van der Waals surface area (Å²) < 4.78 is 85.1. The van der Waals surface area contributed by atoms with Gasteiger partial charge in [-0.25, -0.2) is 0 Å². The predicted octanol–water partition coefficient (Wildman–Crippen LogP) is 12.6. The fourth-order valence-electron chi connectivity index (χ4n) is 6.60. The molecule has 0 aliphatic heterocycles. The van der Waals surface area contributed by atoms with E-state index in [9.17, 15) is 1.37 Å². The topological polar surface area (TPSA) is 13.1 Å². The SMILES string of the molecule is [2H]c1c([2H])c([2H])c(-c2c([2H])c([2H])c([2H])c([2H])c2-c2c3ccccc3c(-c3cccc4oc5ccc(-c6ccccc6)cc5c34)c3ccccc23)c([2H])c1[2H]. The summed E-state index contributed by atoms with van der Waals surface area (Å²) >= 11 is 0. The molecule has 1 heteroatoms. The van der Waals surface area contributed by atoms with Crippen LogP contribution in [0.4, 0.5) is 0 Å². The smallest absolute Gasteiger partial charge is 0.136 e. The molecule has 0 unspecified atom stereocenters. The predicted molar refractivity (Wildman–Crippen MR) is 190 cm³/mol. The van der Waals surface area contributed by atoms with E-state index in [0.29, 0.717) is 21.9 Å². The van der Waals surface area contributed by atoms with Crippen molar-refractivity contribution in [1.29, 1.82) is 0 Å². The van der Waals surface area contributed by atoms with Gasteiger partial charge in [0, 0.05) is 10.8 Å². The molecule has 1 heterocycles. The van der Waals surface area contributed by atoms with Crippen molar-refractivity contribution in [2.45, 2.75) is 0 Å². The largest absolute Gasteiger partial charge is 0.456 e. The molecule has 9 rings (SSSR count). The Bertz CT molecular complexity index is 2960. The highest BCUT2D eigenvalue weighted by Crippen LogP contribution is 2.48. The second kappa shape index (κ2) is 10.4. The lowest BCUT2D eigenvalue weighted by Crippen LogP contribution is -1.93. The third-order valence-electron chi connectivity index (χ3n) is 8.49. The molecule has 45 heavy (non-hydrogen) atoms. The molecule has 0 aliphatic carbocycles. The number of rotatable bonds is 4. The number of furan rings is 1. The van der Waals surface area contributed by atoms with Crippen molar-refractivity contribution < 1.29 is 16.8 Å². The fourth-order valence-corrected chi connectivity index (χ4v) is 6.60. The Morgan fingerprint density at radius 3 is 1.67 bits per heavy atom. The summed E-state index contributed by atoms with van der Waals surface area (Å²) in [4.78, 5) is 0. The molecule has 0 amide bonds. The van der Waals surface area contributed by atoms with Gasteiger partial charge in [-0.3, -0.25) is 0 Å². The van der Waals surface area contributed by atoms with Crippen molar-refractivity contribution in [3.63, 3.8) is 0 Å². The van der Waals surface area contributed by atoms with E-state index in [1.54, 1.807) is 0 Å². The molecule has 0 radical (unpaired) electrons. The molecule has 0 fully saturated rings. The van der Waals surface area contributed by atoms with Crippen LogP contribution >= 0.6 is 0 Å². The minimum Gasteiger partial charge on any atom is -0.456 e. The Hall–Kier alpha value is -5.92. The van der Waals surface area contributed by atoms with Crippen LogP contribution in [0.1, 0.15) is 12.3 Å². The monoisotopic (exact) mass is 581 g/mol. The maximum Gasteiger partial charge on any atom is 0.136 e. The molecule has 0 atom stereocenters. The summed E-state index contributed by atoms with van der Waals surface area (Å²) in [6.45, 7) is 0. The van der Waals surface area contributed by atoms with Gasteiger partial charge in [0.15, 0.2) is 0 Å². The van der Waals surface area contributed by atoms with Gasteiger partial charge in [-0.1, -0.05) is 151 Å². The maximum absolute atomic E-state index is 9.33. The molecule has 0 saturated heterocycles. The molecule has 0 aliphatic rings. The summed E-state index contributed by atoms with van der Waals surface area (Å²) in [5.74, 6) is 0. The van der Waals surface area contributed by atoms with Gasteiger partial charge in [0.2, 0.25) is 0 Å². The highest BCUT2D eigenvalue weighted by Gasteiger charge is 2.21. The fraction of sp³-hybridized carbons (Fsp3) is 0. The van der Waals surface area contributed by atoms with Gasteiger partial charge in [-0.05, 0) is 84.3 Å². The minimum absolute atomic E-state index is 0.0537. The van der Waals surface area contributed by atoms with E-state index in [1.807, 2.05) is 91.0 Å². The summed E-state index contributed by atoms with van der Waals surface area (Å²) in [5.41, 5.74) is 5.47. The van der Waals surface area contributed by atoms with Crippen molar-refractivity contribution in [3.05, 3.63) is 170 Å². The van der Waals surface area contributed by atoms with Gasteiger partial charge < -0.3 is 4.42 Å². The summed E-state index contributed by atoms with van der Waals surface area (Å²) in [7, 11) is 0. The highest BCUT2D eigenvalue weighted by molar-refractivity contribution is 6.26. The van der Waals surface area contributed by atoms with Crippen molar-refractivity contribution in [3.8, 4) is 44.5 Å². The first-order valence-electron chi connectivity index (χ1n) is 19.2. The summed E-state index contributed by atoms with van der Waals surface area (Å²) in [5, 5.41) is 4.80. The van der Waals surface area contributed by atoms with Crippen LogP contribution in [0.25, 0.3) is 88.0 Å². The molecule has 0 spiro atoms. The molecule has 8 aromatic carbocycles. The third kappa shape index (κ3) is 4.09. The van der Waals surface area contributed by atoms with Crippen LogP contribution in [0.2, 0.25) is 0 Å². The molecule has 1 nitrogen and oxygen atoms in total. The average molecular weight is 582 g/mol. The zero-order valence-corrected chi connectivity index (χ0v) is 23.9. The number of fused-ring (bicyclic) bond motifs is 5. The van der Waals surface area contributed by atoms with Gasteiger partial charge in [-0.15, -0.1) is 0 Å². The van der Waals surface area contributed by atoms with Gasteiger partial charge >= 0.3 is 0 Å². The standard InChI is InChI=1S/C44H28O/c1-3-14-29(15-4-1)31-26-27-40-39(28-31)44-38(24-13-25-41(44)45-40)43-36-22-11-9-20-34(36)42(35-21-10-12-23-37(35)43)33-19-8-7-18-32(33)30-16-5-2-6-17-30/h1-28H/i2D,5D,6D,7D,8D,16D,17D,18D,19D. The molecule has 0 bridgehead atoms. The van der Waals surface area contributed by atoms with Crippen LogP contribution in [-0.2, 0) is 0 Å². The second-order valence-corrected chi connectivity index (χ2v) is 10.9. The van der Waals surface area contributed by atoms with Gasteiger partial charge in [0.1, 0.15) is 11.2 Å². The number of benzene rings is 8. The minimum atomic E-state index is -0.592. The first-order valence-corrected chi connectivity index (χ1v) is 14.7. The third-order valence-corrected chi connectivity index (χ3v) is 8.49. The first-order chi connectivity index (χ1) is 26.1. The second-order valence-electron chi connectivity index (χ2n) is 10.9. The summed E-state index contributed by atoms with van der Waals surface area (Å²) in [6.07, 6.45) is 0. The van der Waals surface area contributed by atoms with E-state index in [2.05, 4.69) is 24.3 Å². The zero-order valence-electron chi connectivity index (χ0n) is 32.9. The van der Waals surface area contributed by atoms with E-state index in [-0.39, 0.29) is 22.7 Å². The molecule has 210 valence electrons.